The number of benzene rings is 1. The standard InChI is InChI=1S/C15H22O2/c1-4-12(2)11-17-15-9-7-14(8-10-15)6-5-13(3)16/h7-10,12H,4-6,11H2,1-3H3. The molecule has 0 aromatic heterocycles. The van der Waals surface area contributed by atoms with E-state index in [1.54, 1.807) is 6.92 Å². The van der Waals surface area contributed by atoms with Gasteiger partial charge in [-0.15, -0.1) is 0 Å². The molecule has 0 amide bonds. The third kappa shape index (κ3) is 5.53. The zero-order chi connectivity index (χ0) is 12.7. The van der Waals surface area contributed by atoms with Gasteiger partial charge in [0.2, 0.25) is 0 Å². The number of ether oxygens (including phenoxy) is 1. The highest BCUT2D eigenvalue weighted by Gasteiger charge is 2.01. The Balaban J connectivity index is 2.41. The molecule has 0 radical (unpaired) electrons. The van der Waals surface area contributed by atoms with Crippen molar-refractivity contribution in [3.05, 3.63) is 29.8 Å². The van der Waals surface area contributed by atoms with Crippen LogP contribution in [0, 0.1) is 5.92 Å². The Labute approximate surface area is 104 Å². The molecule has 1 aromatic carbocycles. The molecule has 0 N–H and O–H groups in total. The summed E-state index contributed by atoms with van der Waals surface area (Å²) < 4.78 is 5.67. The van der Waals surface area contributed by atoms with Gasteiger partial charge in [0.05, 0.1) is 6.61 Å². The molecule has 1 aromatic rings. The highest BCUT2D eigenvalue weighted by atomic mass is 16.5. The Morgan fingerprint density at radius 1 is 1.29 bits per heavy atom. The van der Waals surface area contributed by atoms with Crippen molar-refractivity contribution in [3.8, 4) is 5.75 Å². The Bertz CT molecular complexity index is 340. The van der Waals surface area contributed by atoms with Gasteiger partial charge in [0.1, 0.15) is 11.5 Å². The summed E-state index contributed by atoms with van der Waals surface area (Å²) in [5.74, 6) is 1.74. The Hall–Kier alpha value is -1.31. The van der Waals surface area contributed by atoms with Gasteiger partial charge in [0.25, 0.3) is 0 Å². The van der Waals surface area contributed by atoms with Gasteiger partial charge in [-0.1, -0.05) is 32.4 Å². The van der Waals surface area contributed by atoms with Crippen molar-refractivity contribution in [1.29, 1.82) is 0 Å². The molecule has 2 heteroatoms. The summed E-state index contributed by atoms with van der Waals surface area (Å²) in [6.45, 7) is 6.74. The quantitative estimate of drug-likeness (QED) is 0.720. The summed E-state index contributed by atoms with van der Waals surface area (Å²) in [6.07, 6.45) is 2.57. The van der Waals surface area contributed by atoms with Crippen LogP contribution >= 0.6 is 0 Å². The monoisotopic (exact) mass is 234 g/mol. The zero-order valence-electron chi connectivity index (χ0n) is 11.0. The number of carbonyl (C=O) groups is 1. The van der Waals surface area contributed by atoms with Crippen LogP contribution in [-0.4, -0.2) is 12.4 Å². The van der Waals surface area contributed by atoms with Crippen molar-refractivity contribution < 1.29 is 9.53 Å². The fraction of sp³-hybridized carbons (Fsp3) is 0.533. The average Bonchev–Trinajstić information content (AvgIpc) is 2.34. The molecule has 0 aliphatic heterocycles. The molecule has 2 nitrogen and oxygen atoms in total. The minimum Gasteiger partial charge on any atom is -0.493 e. The van der Waals surface area contributed by atoms with E-state index in [1.807, 2.05) is 24.3 Å². The van der Waals surface area contributed by atoms with E-state index in [0.29, 0.717) is 12.3 Å². The SMILES string of the molecule is CCC(C)COc1ccc(CCC(C)=O)cc1. The minimum atomic E-state index is 0.238. The number of Topliss-reactive ketones (excluding diaryl/α,β-unsaturated/α-hetero) is 1. The largest absolute Gasteiger partial charge is 0.493 e. The first-order valence-corrected chi connectivity index (χ1v) is 6.33. The molecular formula is C15H22O2. The molecule has 1 unspecified atom stereocenters. The van der Waals surface area contributed by atoms with Crippen LogP contribution in [-0.2, 0) is 11.2 Å². The van der Waals surface area contributed by atoms with Gasteiger partial charge in [-0.05, 0) is 37.0 Å². The first kappa shape index (κ1) is 13.8. The van der Waals surface area contributed by atoms with Crippen LogP contribution in [0.4, 0.5) is 0 Å². The van der Waals surface area contributed by atoms with Crippen LogP contribution < -0.4 is 4.74 Å². The molecule has 0 aliphatic carbocycles. The van der Waals surface area contributed by atoms with Gasteiger partial charge in [-0.2, -0.15) is 0 Å². The molecule has 17 heavy (non-hydrogen) atoms. The molecule has 0 fully saturated rings. The zero-order valence-corrected chi connectivity index (χ0v) is 11.0. The molecule has 1 atom stereocenters. The van der Waals surface area contributed by atoms with E-state index in [0.717, 1.165) is 25.2 Å². The van der Waals surface area contributed by atoms with E-state index in [1.165, 1.54) is 5.56 Å². The lowest BCUT2D eigenvalue weighted by Gasteiger charge is -2.11. The fourth-order valence-electron chi connectivity index (χ4n) is 1.43. The smallest absolute Gasteiger partial charge is 0.130 e. The minimum absolute atomic E-state index is 0.238. The topological polar surface area (TPSA) is 26.3 Å². The Kier molecular flexibility index (Phi) is 5.75. The molecule has 0 saturated carbocycles. The van der Waals surface area contributed by atoms with E-state index in [4.69, 9.17) is 4.74 Å². The number of aryl methyl sites for hydroxylation is 1. The van der Waals surface area contributed by atoms with Gasteiger partial charge in [-0.25, -0.2) is 0 Å². The van der Waals surface area contributed by atoms with Crippen LogP contribution in [0.25, 0.3) is 0 Å². The highest BCUT2D eigenvalue weighted by Crippen LogP contribution is 2.15. The maximum absolute atomic E-state index is 10.9. The molecule has 0 heterocycles. The molecule has 94 valence electrons. The maximum Gasteiger partial charge on any atom is 0.130 e. The third-order valence-corrected chi connectivity index (χ3v) is 2.92. The Morgan fingerprint density at radius 3 is 2.47 bits per heavy atom. The number of ketones is 1. The van der Waals surface area contributed by atoms with Crippen LogP contribution in [0.5, 0.6) is 5.75 Å². The molecule has 0 aliphatic rings. The number of hydrogen-bond acceptors (Lipinski definition) is 2. The Morgan fingerprint density at radius 2 is 1.94 bits per heavy atom. The second kappa shape index (κ2) is 7.10. The molecular weight excluding hydrogens is 212 g/mol. The van der Waals surface area contributed by atoms with Crippen LogP contribution in [0.1, 0.15) is 39.2 Å². The number of hydrogen-bond donors (Lipinski definition) is 0. The second-order valence-corrected chi connectivity index (χ2v) is 4.67. The van der Waals surface area contributed by atoms with E-state index >= 15 is 0 Å². The molecule has 1 rings (SSSR count). The van der Waals surface area contributed by atoms with Crippen molar-refractivity contribution in [2.75, 3.05) is 6.61 Å². The summed E-state index contributed by atoms with van der Waals surface area (Å²) in [5, 5.41) is 0. The van der Waals surface area contributed by atoms with E-state index in [9.17, 15) is 4.79 Å². The first-order valence-electron chi connectivity index (χ1n) is 6.33. The molecule has 0 saturated heterocycles. The van der Waals surface area contributed by atoms with Crippen molar-refractivity contribution in [2.45, 2.75) is 40.0 Å². The summed E-state index contributed by atoms with van der Waals surface area (Å²) in [5.41, 5.74) is 1.19. The number of carbonyl (C=O) groups excluding carboxylic acids is 1. The normalized spacial score (nSPS) is 12.2. The summed E-state index contributed by atoms with van der Waals surface area (Å²) >= 11 is 0. The van der Waals surface area contributed by atoms with E-state index in [2.05, 4.69) is 13.8 Å². The molecule has 0 bridgehead atoms. The lowest BCUT2D eigenvalue weighted by molar-refractivity contribution is -0.116. The fourth-order valence-corrected chi connectivity index (χ4v) is 1.43. The van der Waals surface area contributed by atoms with Gasteiger partial charge in [-0.3, -0.25) is 0 Å². The van der Waals surface area contributed by atoms with Crippen molar-refractivity contribution in [2.24, 2.45) is 5.92 Å². The van der Waals surface area contributed by atoms with Crippen molar-refractivity contribution in [1.82, 2.24) is 0 Å². The van der Waals surface area contributed by atoms with Gasteiger partial charge >= 0.3 is 0 Å². The molecule has 0 spiro atoms. The number of rotatable bonds is 7. The maximum atomic E-state index is 10.9. The van der Waals surface area contributed by atoms with Crippen LogP contribution in [0.2, 0.25) is 0 Å². The average molecular weight is 234 g/mol. The third-order valence-electron chi connectivity index (χ3n) is 2.92. The van der Waals surface area contributed by atoms with Crippen molar-refractivity contribution in [3.63, 3.8) is 0 Å². The summed E-state index contributed by atoms with van der Waals surface area (Å²) in [4.78, 5) is 10.9. The van der Waals surface area contributed by atoms with Gasteiger partial charge in [0.15, 0.2) is 0 Å². The van der Waals surface area contributed by atoms with Crippen LogP contribution in [0.3, 0.4) is 0 Å². The van der Waals surface area contributed by atoms with E-state index < -0.39 is 0 Å². The second-order valence-electron chi connectivity index (χ2n) is 4.67. The summed E-state index contributed by atoms with van der Waals surface area (Å²) in [6, 6.07) is 8.04. The first-order chi connectivity index (χ1) is 8.11. The predicted molar refractivity (Wildman–Crippen MR) is 70.4 cm³/mol. The predicted octanol–water partition coefficient (Wildman–Crippen LogP) is 3.63. The lowest BCUT2D eigenvalue weighted by Crippen LogP contribution is -2.07. The van der Waals surface area contributed by atoms with Gasteiger partial charge < -0.3 is 9.53 Å². The van der Waals surface area contributed by atoms with Crippen LogP contribution in [0.15, 0.2) is 24.3 Å². The highest BCUT2D eigenvalue weighted by molar-refractivity contribution is 5.75. The van der Waals surface area contributed by atoms with Crippen molar-refractivity contribution >= 4 is 5.78 Å². The van der Waals surface area contributed by atoms with E-state index in [-0.39, 0.29) is 5.78 Å². The van der Waals surface area contributed by atoms with Gasteiger partial charge in [0, 0.05) is 6.42 Å². The summed E-state index contributed by atoms with van der Waals surface area (Å²) in [7, 11) is 0. The lowest BCUT2D eigenvalue weighted by atomic mass is 10.1.